The Balaban J connectivity index is 2.54. The molecule has 0 atom stereocenters. The summed E-state index contributed by atoms with van der Waals surface area (Å²) in [6.07, 6.45) is 1.04. The summed E-state index contributed by atoms with van der Waals surface area (Å²) < 4.78 is 0. The Morgan fingerprint density at radius 1 is 1.53 bits per heavy atom. The van der Waals surface area contributed by atoms with Gasteiger partial charge in [-0.1, -0.05) is 24.6 Å². The highest BCUT2D eigenvalue weighted by Crippen LogP contribution is 2.17. The van der Waals surface area contributed by atoms with E-state index < -0.39 is 0 Å². The van der Waals surface area contributed by atoms with Crippen LogP contribution >= 0.6 is 11.6 Å². The number of anilines is 1. The summed E-state index contributed by atoms with van der Waals surface area (Å²) in [6, 6.07) is 5.23. The molecule has 0 fully saturated rings. The van der Waals surface area contributed by atoms with E-state index in [-0.39, 0.29) is 5.91 Å². The summed E-state index contributed by atoms with van der Waals surface area (Å²) in [5.41, 5.74) is 7.20. The van der Waals surface area contributed by atoms with Gasteiger partial charge >= 0.3 is 0 Å². The van der Waals surface area contributed by atoms with Crippen LogP contribution in [0.4, 0.5) is 5.69 Å². The average Bonchev–Trinajstić information content (AvgIpc) is 2.17. The van der Waals surface area contributed by atoms with Crippen LogP contribution in [0, 0.1) is 6.92 Å². The number of carbonyl (C=O) groups excluding carboxylic acids is 1. The largest absolute Gasteiger partial charge is 0.398 e. The Labute approximate surface area is 94.6 Å². The summed E-state index contributed by atoms with van der Waals surface area (Å²) in [7, 11) is 0. The van der Waals surface area contributed by atoms with Gasteiger partial charge < -0.3 is 11.1 Å². The minimum Gasteiger partial charge on any atom is -0.398 e. The van der Waals surface area contributed by atoms with Gasteiger partial charge in [-0.2, -0.15) is 0 Å². The van der Waals surface area contributed by atoms with Crippen LogP contribution < -0.4 is 11.1 Å². The molecule has 0 unspecified atom stereocenters. The normalized spacial score (nSPS) is 10.0. The van der Waals surface area contributed by atoms with Crippen LogP contribution in [0.1, 0.15) is 18.4 Å². The second kappa shape index (κ2) is 5.61. The number of hydrogen-bond donors (Lipinski definition) is 2. The molecule has 1 rings (SSSR count). The van der Waals surface area contributed by atoms with Crippen molar-refractivity contribution < 1.29 is 4.79 Å². The summed E-state index contributed by atoms with van der Waals surface area (Å²) in [4.78, 5) is 11.2. The lowest BCUT2D eigenvalue weighted by molar-refractivity contribution is -0.121. The van der Waals surface area contributed by atoms with Crippen molar-refractivity contribution in [2.24, 2.45) is 0 Å². The van der Waals surface area contributed by atoms with Crippen LogP contribution in [0.3, 0.4) is 0 Å². The molecule has 15 heavy (non-hydrogen) atoms. The topological polar surface area (TPSA) is 55.1 Å². The third-order valence-corrected chi connectivity index (χ3v) is 2.22. The molecule has 1 radical (unpaired) electrons. The van der Waals surface area contributed by atoms with Crippen molar-refractivity contribution in [2.45, 2.75) is 19.4 Å². The van der Waals surface area contributed by atoms with Crippen LogP contribution in [-0.2, 0) is 11.3 Å². The summed E-state index contributed by atoms with van der Waals surface area (Å²) in [5.74, 6) is -0.0145. The standard InChI is InChI=1S/C11H14ClN2O/c1-2-3-11(15)14-7-8-4-5-9(12)6-10(8)13/h4-6H,1-3,7,13H2,(H,14,15). The molecule has 1 amide bonds. The van der Waals surface area contributed by atoms with Gasteiger partial charge in [-0.15, -0.1) is 0 Å². The molecule has 0 aliphatic heterocycles. The number of benzene rings is 1. The molecule has 81 valence electrons. The van der Waals surface area contributed by atoms with Gasteiger partial charge in [-0.25, -0.2) is 0 Å². The fourth-order valence-electron chi connectivity index (χ4n) is 1.17. The SMILES string of the molecule is [CH2]CCC(=O)NCc1ccc(Cl)cc1N. The maximum atomic E-state index is 11.2. The first-order valence-corrected chi connectivity index (χ1v) is 5.11. The molecule has 0 saturated heterocycles. The highest BCUT2D eigenvalue weighted by Gasteiger charge is 2.02. The van der Waals surface area contributed by atoms with Crippen molar-refractivity contribution in [1.29, 1.82) is 0 Å². The Morgan fingerprint density at radius 3 is 2.87 bits per heavy atom. The van der Waals surface area contributed by atoms with Gasteiger partial charge in [-0.05, 0) is 24.1 Å². The van der Waals surface area contributed by atoms with E-state index in [0.717, 1.165) is 5.56 Å². The van der Waals surface area contributed by atoms with E-state index >= 15 is 0 Å². The lowest BCUT2D eigenvalue weighted by Crippen LogP contribution is -2.22. The molecule has 0 aliphatic carbocycles. The number of amides is 1. The van der Waals surface area contributed by atoms with E-state index in [9.17, 15) is 4.79 Å². The smallest absolute Gasteiger partial charge is 0.220 e. The Hall–Kier alpha value is -1.22. The predicted molar refractivity (Wildman–Crippen MR) is 62.3 cm³/mol. The average molecular weight is 226 g/mol. The van der Waals surface area contributed by atoms with E-state index in [0.29, 0.717) is 30.1 Å². The van der Waals surface area contributed by atoms with Crippen LogP contribution in [0.2, 0.25) is 5.02 Å². The molecule has 0 heterocycles. The van der Waals surface area contributed by atoms with E-state index in [4.69, 9.17) is 17.3 Å². The van der Waals surface area contributed by atoms with Gasteiger partial charge in [0.1, 0.15) is 0 Å². The fourth-order valence-corrected chi connectivity index (χ4v) is 1.35. The van der Waals surface area contributed by atoms with E-state index in [1.165, 1.54) is 0 Å². The van der Waals surface area contributed by atoms with Gasteiger partial charge in [0.25, 0.3) is 0 Å². The van der Waals surface area contributed by atoms with E-state index in [1.54, 1.807) is 12.1 Å². The van der Waals surface area contributed by atoms with Crippen LogP contribution in [0.5, 0.6) is 0 Å². The third-order valence-electron chi connectivity index (χ3n) is 1.99. The quantitative estimate of drug-likeness (QED) is 0.772. The van der Waals surface area contributed by atoms with Gasteiger partial charge in [0, 0.05) is 23.7 Å². The highest BCUT2D eigenvalue weighted by molar-refractivity contribution is 6.30. The zero-order valence-electron chi connectivity index (χ0n) is 8.42. The van der Waals surface area contributed by atoms with Crippen molar-refractivity contribution in [2.75, 3.05) is 5.73 Å². The van der Waals surface area contributed by atoms with Crippen molar-refractivity contribution >= 4 is 23.2 Å². The summed E-state index contributed by atoms with van der Waals surface area (Å²) >= 11 is 5.75. The Kier molecular flexibility index (Phi) is 4.43. The number of nitrogen functional groups attached to an aromatic ring is 1. The Bertz CT molecular complexity index is 352. The van der Waals surface area contributed by atoms with E-state index in [2.05, 4.69) is 12.2 Å². The molecule has 3 N–H and O–H groups in total. The van der Waals surface area contributed by atoms with Crippen molar-refractivity contribution in [3.05, 3.63) is 35.7 Å². The first-order chi connectivity index (χ1) is 7.13. The minimum absolute atomic E-state index is 0.0145. The monoisotopic (exact) mass is 225 g/mol. The lowest BCUT2D eigenvalue weighted by Gasteiger charge is -2.07. The maximum Gasteiger partial charge on any atom is 0.220 e. The number of rotatable bonds is 4. The molecule has 1 aromatic rings. The maximum absolute atomic E-state index is 11.2. The third kappa shape index (κ3) is 3.80. The van der Waals surface area contributed by atoms with Crippen LogP contribution in [0.15, 0.2) is 18.2 Å². The molecule has 0 aromatic heterocycles. The number of carbonyl (C=O) groups is 1. The van der Waals surface area contributed by atoms with Crippen molar-refractivity contribution in [1.82, 2.24) is 5.32 Å². The highest BCUT2D eigenvalue weighted by atomic mass is 35.5. The second-order valence-corrected chi connectivity index (χ2v) is 3.66. The van der Waals surface area contributed by atoms with Crippen molar-refractivity contribution in [3.63, 3.8) is 0 Å². The summed E-state index contributed by atoms with van der Waals surface area (Å²) in [5, 5.41) is 3.36. The van der Waals surface area contributed by atoms with Gasteiger partial charge in [-0.3, -0.25) is 4.79 Å². The second-order valence-electron chi connectivity index (χ2n) is 3.22. The van der Waals surface area contributed by atoms with Gasteiger partial charge in [0.05, 0.1) is 0 Å². The molecular formula is C11H14ClN2O. The predicted octanol–water partition coefficient (Wildman–Crippen LogP) is 2.15. The molecular weight excluding hydrogens is 212 g/mol. The molecule has 0 spiro atoms. The van der Waals surface area contributed by atoms with E-state index in [1.807, 2.05) is 6.07 Å². The molecule has 3 nitrogen and oxygen atoms in total. The number of halogens is 1. The van der Waals surface area contributed by atoms with Gasteiger partial charge in [0.2, 0.25) is 5.91 Å². The molecule has 4 heteroatoms. The zero-order valence-corrected chi connectivity index (χ0v) is 9.18. The number of nitrogens with one attached hydrogen (secondary N) is 1. The molecule has 0 saturated carbocycles. The fraction of sp³-hybridized carbons (Fsp3) is 0.273. The van der Waals surface area contributed by atoms with Crippen LogP contribution in [0.25, 0.3) is 0 Å². The molecule has 0 bridgehead atoms. The number of nitrogens with two attached hydrogens (primary N) is 1. The first-order valence-electron chi connectivity index (χ1n) is 4.73. The molecule has 0 aliphatic rings. The number of hydrogen-bond acceptors (Lipinski definition) is 2. The molecule has 1 aromatic carbocycles. The van der Waals surface area contributed by atoms with Crippen LogP contribution in [-0.4, -0.2) is 5.91 Å². The Morgan fingerprint density at radius 2 is 2.27 bits per heavy atom. The first kappa shape index (κ1) is 11.9. The van der Waals surface area contributed by atoms with Gasteiger partial charge in [0.15, 0.2) is 0 Å². The zero-order chi connectivity index (χ0) is 11.3. The lowest BCUT2D eigenvalue weighted by atomic mass is 10.2. The summed E-state index contributed by atoms with van der Waals surface area (Å²) in [6.45, 7) is 4.04. The minimum atomic E-state index is -0.0145. The van der Waals surface area contributed by atoms with Crippen molar-refractivity contribution in [3.8, 4) is 0 Å².